The summed E-state index contributed by atoms with van der Waals surface area (Å²) in [6.45, 7) is 4.52. The zero-order chi connectivity index (χ0) is 19.2. The van der Waals surface area contributed by atoms with E-state index in [1.165, 1.54) is 6.33 Å². The van der Waals surface area contributed by atoms with Crippen LogP contribution in [0.4, 0.5) is 11.5 Å². The summed E-state index contributed by atoms with van der Waals surface area (Å²) in [6.07, 6.45) is 4.57. The third-order valence-corrected chi connectivity index (χ3v) is 3.92. The van der Waals surface area contributed by atoms with Crippen molar-refractivity contribution in [1.82, 2.24) is 15.0 Å². The number of pyridine rings is 1. The number of anilines is 1. The molecule has 0 aliphatic carbocycles. The molecule has 0 bridgehead atoms. The fourth-order valence-electron chi connectivity index (χ4n) is 2.45. The van der Waals surface area contributed by atoms with Gasteiger partial charge in [-0.05, 0) is 35.2 Å². The second-order valence-corrected chi connectivity index (χ2v) is 6.17. The first-order valence-corrected chi connectivity index (χ1v) is 8.44. The van der Waals surface area contributed by atoms with E-state index in [9.17, 15) is 10.1 Å². The molecule has 1 N–H and O–H groups in total. The Bertz CT molecular complexity index is 914. The number of nitrogens with zero attached hydrogens (tertiary/aromatic N) is 4. The van der Waals surface area contributed by atoms with Crippen molar-refractivity contribution in [2.24, 2.45) is 0 Å². The van der Waals surface area contributed by atoms with E-state index in [1.807, 2.05) is 18.2 Å². The second kappa shape index (κ2) is 8.22. The van der Waals surface area contributed by atoms with Crippen molar-refractivity contribution >= 4 is 11.5 Å². The van der Waals surface area contributed by atoms with Gasteiger partial charge in [-0.2, -0.15) is 4.98 Å². The number of nitrogens with one attached hydrogen (secondary N) is 1. The Morgan fingerprint density at radius 2 is 1.96 bits per heavy atom. The summed E-state index contributed by atoms with van der Waals surface area (Å²) in [5, 5.41) is 14.5. The smallest absolute Gasteiger partial charge is 0.373 e. The molecule has 0 radical (unpaired) electrons. The minimum Gasteiger partial charge on any atom is -0.434 e. The molecule has 3 aromatic rings. The maximum atomic E-state index is 11.6. The molecule has 0 saturated heterocycles. The van der Waals surface area contributed by atoms with Gasteiger partial charge in [-0.3, -0.25) is 15.1 Å². The van der Waals surface area contributed by atoms with Crippen LogP contribution >= 0.6 is 0 Å². The molecule has 27 heavy (non-hydrogen) atoms. The zero-order valence-electron chi connectivity index (χ0n) is 15.0. The van der Waals surface area contributed by atoms with Crippen LogP contribution in [0.1, 0.15) is 30.9 Å². The van der Waals surface area contributed by atoms with Gasteiger partial charge < -0.3 is 10.1 Å². The molecule has 0 saturated carbocycles. The molecule has 138 valence electrons. The fraction of sp³-hybridized carbons (Fsp3) is 0.211. The first-order valence-electron chi connectivity index (χ1n) is 8.44. The van der Waals surface area contributed by atoms with E-state index in [0.717, 1.165) is 11.1 Å². The van der Waals surface area contributed by atoms with Crippen LogP contribution in [0, 0.1) is 10.1 Å². The predicted octanol–water partition coefficient (Wildman–Crippen LogP) is 4.31. The van der Waals surface area contributed by atoms with Crippen LogP contribution < -0.4 is 10.1 Å². The molecule has 0 fully saturated rings. The molecule has 2 aromatic heterocycles. The first-order chi connectivity index (χ1) is 13.0. The number of hydrogen-bond donors (Lipinski definition) is 1. The van der Waals surface area contributed by atoms with Gasteiger partial charge in [0.05, 0.1) is 4.92 Å². The summed E-state index contributed by atoms with van der Waals surface area (Å²) in [6, 6.07) is 11.0. The van der Waals surface area contributed by atoms with Gasteiger partial charge in [0.1, 0.15) is 12.1 Å². The average Bonchev–Trinajstić information content (AvgIpc) is 2.67. The van der Waals surface area contributed by atoms with Crippen LogP contribution in [0.3, 0.4) is 0 Å². The van der Waals surface area contributed by atoms with Gasteiger partial charge in [0, 0.05) is 18.9 Å². The van der Waals surface area contributed by atoms with Crippen LogP contribution in [-0.2, 0) is 6.54 Å². The van der Waals surface area contributed by atoms with E-state index < -0.39 is 4.92 Å². The summed E-state index contributed by atoms with van der Waals surface area (Å²) in [5.41, 5.74) is 1.71. The number of hydrogen-bond acceptors (Lipinski definition) is 7. The molecule has 0 aliphatic heterocycles. The lowest BCUT2D eigenvalue weighted by atomic mass is 10.0. The van der Waals surface area contributed by atoms with E-state index in [2.05, 4.69) is 34.1 Å². The van der Waals surface area contributed by atoms with Crippen molar-refractivity contribution in [3.8, 4) is 11.6 Å². The number of nitro groups is 1. The molecule has 0 atom stereocenters. The molecule has 0 unspecified atom stereocenters. The lowest BCUT2D eigenvalue weighted by molar-refractivity contribution is -0.385. The molecule has 8 heteroatoms. The highest BCUT2D eigenvalue weighted by Gasteiger charge is 2.25. The van der Waals surface area contributed by atoms with Crippen LogP contribution in [0.2, 0.25) is 0 Å². The van der Waals surface area contributed by atoms with Gasteiger partial charge in [0.15, 0.2) is 0 Å². The molecule has 0 aliphatic rings. The van der Waals surface area contributed by atoms with Gasteiger partial charge >= 0.3 is 11.6 Å². The Labute approximate surface area is 156 Å². The molecule has 0 amide bonds. The standard InChI is InChI=1S/C19H19N5O3/c1-13(2)15-5-7-16(8-6-15)27-19-17(24(25)26)18(22-12-23-19)21-11-14-4-3-9-20-10-14/h3-10,12-13H,11H2,1-2H3,(H,21,22,23). The van der Waals surface area contributed by atoms with E-state index in [0.29, 0.717) is 18.2 Å². The summed E-state index contributed by atoms with van der Waals surface area (Å²) >= 11 is 0. The highest BCUT2D eigenvalue weighted by Crippen LogP contribution is 2.34. The molecule has 2 heterocycles. The molecule has 8 nitrogen and oxygen atoms in total. The van der Waals surface area contributed by atoms with Gasteiger partial charge in [-0.15, -0.1) is 0 Å². The van der Waals surface area contributed by atoms with Crippen molar-refractivity contribution in [1.29, 1.82) is 0 Å². The minimum atomic E-state index is -0.552. The second-order valence-electron chi connectivity index (χ2n) is 6.17. The quantitative estimate of drug-likeness (QED) is 0.491. The van der Waals surface area contributed by atoms with E-state index in [1.54, 1.807) is 30.6 Å². The van der Waals surface area contributed by atoms with Crippen LogP contribution in [-0.4, -0.2) is 19.9 Å². The summed E-state index contributed by atoms with van der Waals surface area (Å²) in [5.74, 6) is 0.837. The normalized spacial score (nSPS) is 10.6. The SMILES string of the molecule is CC(C)c1ccc(Oc2ncnc(NCc3cccnc3)c2[N+](=O)[O-])cc1. The van der Waals surface area contributed by atoms with Gasteiger partial charge in [-0.25, -0.2) is 4.98 Å². The van der Waals surface area contributed by atoms with Crippen LogP contribution in [0.25, 0.3) is 0 Å². The highest BCUT2D eigenvalue weighted by molar-refractivity contribution is 5.61. The van der Waals surface area contributed by atoms with Crippen molar-refractivity contribution < 1.29 is 9.66 Å². The van der Waals surface area contributed by atoms with E-state index in [4.69, 9.17) is 4.74 Å². The molecule has 0 spiro atoms. The minimum absolute atomic E-state index is 0.0904. The van der Waals surface area contributed by atoms with E-state index in [-0.39, 0.29) is 17.4 Å². The van der Waals surface area contributed by atoms with Crippen molar-refractivity contribution in [2.45, 2.75) is 26.3 Å². The number of aromatic nitrogens is 3. The summed E-state index contributed by atoms with van der Waals surface area (Å²) < 4.78 is 5.65. The van der Waals surface area contributed by atoms with Gasteiger partial charge in [0.2, 0.25) is 5.82 Å². The van der Waals surface area contributed by atoms with Crippen molar-refractivity contribution in [3.05, 3.63) is 76.4 Å². The average molecular weight is 365 g/mol. The summed E-state index contributed by atoms with van der Waals surface area (Å²) in [4.78, 5) is 23.0. The number of ether oxygens (including phenoxy) is 1. The van der Waals surface area contributed by atoms with Crippen molar-refractivity contribution in [3.63, 3.8) is 0 Å². The van der Waals surface area contributed by atoms with Crippen molar-refractivity contribution in [2.75, 3.05) is 5.32 Å². The van der Waals surface area contributed by atoms with Crippen LogP contribution in [0.5, 0.6) is 11.6 Å². The summed E-state index contributed by atoms with van der Waals surface area (Å²) in [7, 11) is 0. The Morgan fingerprint density at radius 1 is 1.19 bits per heavy atom. The lowest BCUT2D eigenvalue weighted by Gasteiger charge is -2.10. The molecular weight excluding hydrogens is 346 g/mol. The lowest BCUT2D eigenvalue weighted by Crippen LogP contribution is -2.07. The van der Waals surface area contributed by atoms with Gasteiger partial charge in [-0.1, -0.05) is 32.0 Å². The molecular formula is C19H19N5O3. The van der Waals surface area contributed by atoms with E-state index >= 15 is 0 Å². The Morgan fingerprint density at radius 3 is 2.59 bits per heavy atom. The highest BCUT2D eigenvalue weighted by atomic mass is 16.6. The first kappa shape index (κ1) is 18.2. The monoisotopic (exact) mass is 365 g/mol. The number of rotatable bonds is 7. The zero-order valence-corrected chi connectivity index (χ0v) is 15.0. The third-order valence-electron chi connectivity index (χ3n) is 3.92. The molecule has 1 aromatic carbocycles. The maximum Gasteiger partial charge on any atom is 0.373 e. The largest absolute Gasteiger partial charge is 0.434 e. The predicted molar refractivity (Wildman–Crippen MR) is 101 cm³/mol. The topological polar surface area (TPSA) is 103 Å². The van der Waals surface area contributed by atoms with Crippen LogP contribution in [0.15, 0.2) is 55.1 Å². The molecule has 3 rings (SSSR count). The third kappa shape index (κ3) is 4.55. The Hall–Kier alpha value is -3.55. The fourth-order valence-corrected chi connectivity index (χ4v) is 2.45. The van der Waals surface area contributed by atoms with Gasteiger partial charge in [0.25, 0.3) is 0 Å². The Kier molecular flexibility index (Phi) is 5.55. The number of benzene rings is 1. The Balaban J connectivity index is 1.83. The maximum absolute atomic E-state index is 11.6.